The average Bonchev–Trinajstić information content (AvgIpc) is 3.55. The fraction of sp³-hybridized carbons (Fsp3) is 0.538. The van der Waals surface area contributed by atoms with Crippen LogP contribution in [0.2, 0.25) is 0 Å². The first-order chi connectivity index (χ1) is 17.5. The lowest BCUT2D eigenvalue weighted by atomic mass is 9.96. The summed E-state index contributed by atoms with van der Waals surface area (Å²) in [5, 5.41) is 14.5. The second-order valence-electron chi connectivity index (χ2n) is 10.0. The topological polar surface area (TPSA) is 105 Å². The number of aromatic nitrogens is 4. The van der Waals surface area contributed by atoms with Crippen molar-refractivity contribution in [1.29, 1.82) is 0 Å². The van der Waals surface area contributed by atoms with Gasteiger partial charge in [0.05, 0.1) is 6.20 Å². The Bertz CT molecular complexity index is 1220. The summed E-state index contributed by atoms with van der Waals surface area (Å²) in [5.74, 6) is 1.07. The van der Waals surface area contributed by atoms with Crippen LogP contribution in [0.4, 0.5) is 16.3 Å². The van der Waals surface area contributed by atoms with E-state index in [9.17, 15) is 9.18 Å². The molecular formula is C26H34FN7O2. The van der Waals surface area contributed by atoms with Gasteiger partial charge in [-0.1, -0.05) is 26.0 Å². The highest BCUT2D eigenvalue weighted by Gasteiger charge is 2.23. The Hall–Kier alpha value is -3.11. The number of anilines is 2. The Balaban J connectivity index is 1.36. The van der Waals surface area contributed by atoms with Crippen LogP contribution in [0.5, 0.6) is 0 Å². The molecule has 0 radical (unpaired) electrons. The Kier molecular flexibility index (Phi) is 7.43. The molecule has 4 heterocycles. The maximum Gasteiger partial charge on any atom is 0.229 e. The Labute approximate surface area is 210 Å². The molecule has 0 spiro atoms. The van der Waals surface area contributed by atoms with Crippen LogP contribution in [-0.2, 0) is 22.5 Å². The number of halogens is 1. The molecular weight excluding hydrogens is 461 g/mol. The summed E-state index contributed by atoms with van der Waals surface area (Å²) in [6, 6.07) is 5.19. The van der Waals surface area contributed by atoms with Crippen LogP contribution in [0.3, 0.4) is 0 Å². The molecule has 0 amide bonds. The molecule has 3 N–H and O–H groups in total. The summed E-state index contributed by atoms with van der Waals surface area (Å²) >= 11 is 0. The number of nitrogens with one attached hydrogen (secondary N) is 3. The third-order valence-electron chi connectivity index (χ3n) is 7.01. The van der Waals surface area contributed by atoms with Gasteiger partial charge in [0, 0.05) is 50.2 Å². The van der Waals surface area contributed by atoms with E-state index >= 15 is 0 Å². The second-order valence-corrected chi connectivity index (χ2v) is 10.0. The molecule has 9 nitrogen and oxygen atoms in total. The molecule has 2 aliphatic heterocycles. The number of carbonyl (C=O) groups is 1. The lowest BCUT2D eigenvalue weighted by Crippen LogP contribution is -2.29. The number of benzene rings is 1. The molecule has 1 aromatic carbocycles. The van der Waals surface area contributed by atoms with Gasteiger partial charge in [0.2, 0.25) is 11.9 Å². The standard InChI is InChI=1S/C26H34FN7O2/c1-16(2)21-15-30-34-24(21)32-25(31-20-6-9-36-10-7-20)33-26(34)29-13-17-3-4-22(27)19(11-17)12-23(35)18-5-8-28-14-18/h3-4,11,15-16,18,20,28H,5-10,12-14H2,1-2H3,(H2,29,31,32,33). The van der Waals surface area contributed by atoms with Gasteiger partial charge in [0.15, 0.2) is 5.65 Å². The number of rotatable bonds is 9. The zero-order chi connectivity index (χ0) is 25.1. The largest absolute Gasteiger partial charge is 0.381 e. The molecule has 2 aliphatic rings. The van der Waals surface area contributed by atoms with Crippen LogP contribution in [0.25, 0.3) is 5.65 Å². The maximum absolute atomic E-state index is 14.5. The quantitative estimate of drug-likeness (QED) is 0.415. The van der Waals surface area contributed by atoms with Gasteiger partial charge in [0.25, 0.3) is 0 Å². The number of nitrogens with zero attached hydrogens (tertiary/aromatic N) is 4. The van der Waals surface area contributed by atoms with Gasteiger partial charge in [-0.15, -0.1) is 0 Å². The van der Waals surface area contributed by atoms with Crippen molar-refractivity contribution in [2.45, 2.75) is 58.0 Å². The predicted octanol–water partition coefficient (Wildman–Crippen LogP) is 3.31. The van der Waals surface area contributed by atoms with Crippen LogP contribution < -0.4 is 16.0 Å². The van der Waals surface area contributed by atoms with Crippen LogP contribution in [0.1, 0.15) is 55.7 Å². The van der Waals surface area contributed by atoms with Crippen LogP contribution in [-0.4, -0.2) is 57.7 Å². The van der Waals surface area contributed by atoms with E-state index in [2.05, 4.69) is 34.9 Å². The van der Waals surface area contributed by atoms with Crippen molar-refractivity contribution in [3.05, 3.63) is 46.9 Å². The van der Waals surface area contributed by atoms with Gasteiger partial charge in [-0.25, -0.2) is 4.39 Å². The minimum Gasteiger partial charge on any atom is -0.381 e. The number of carbonyl (C=O) groups excluding carboxylic acids is 1. The Morgan fingerprint density at radius 2 is 2.08 bits per heavy atom. The molecule has 0 aliphatic carbocycles. The van der Waals surface area contributed by atoms with Crippen molar-refractivity contribution in [3.63, 3.8) is 0 Å². The molecule has 2 aromatic heterocycles. The van der Waals surface area contributed by atoms with Crippen molar-refractivity contribution < 1.29 is 13.9 Å². The van der Waals surface area contributed by atoms with E-state index < -0.39 is 0 Å². The molecule has 2 fully saturated rings. The average molecular weight is 496 g/mol. The highest BCUT2D eigenvalue weighted by Crippen LogP contribution is 2.24. The van der Waals surface area contributed by atoms with E-state index in [-0.39, 0.29) is 35.9 Å². The molecule has 1 unspecified atom stereocenters. The fourth-order valence-electron chi connectivity index (χ4n) is 4.82. The van der Waals surface area contributed by atoms with Gasteiger partial charge in [-0.2, -0.15) is 19.6 Å². The van der Waals surface area contributed by atoms with Crippen LogP contribution in [0.15, 0.2) is 24.4 Å². The van der Waals surface area contributed by atoms with Gasteiger partial charge in [-0.05, 0) is 48.9 Å². The summed E-state index contributed by atoms with van der Waals surface area (Å²) in [6.45, 7) is 7.60. The number of hydrogen-bond donors (Lipinski definition) is 3. The molecule has 2 saturated heterocycles. The lowest BCUT2D eigenvalue weighted by Gasteiger charge is -2.23. The molecule has 1 atom stereocenters. The minimum atomic E-state index is -0.348. The first kappa shape index (κ1) is 24.6. The molecule has 0 saturated carbocycles. The van der Waals surface area contributed by atoms with Gasteiger partial charge in [0.1, 0.15) is 11.6 Å². The van der Waals surface area contributed by atoms with Crippen molar-refractivity contribution in [3.8, 4) is 0 Å². The van der Waals surface area contributed by atoms with E-state index in [1.54, 1.807) is 16.6 Å². The molecule has 5 rings (SSSR count). The van der Waals surface area contributed by atoms with Gasteiger partial charge >= 0.3 is 0 Å². The summed E-state index contributed by atoms with van der Waals surface area (Å²) in [6.07, 6.45) is 4.57. The smallest absolute Gasteiger partial charge is 0.229 e. The van der Waals surface area contributed by atoms with Gasteiger partial charge < -0.3 is 20.7 Å². The number of ether oxygens (including phenoxy) is 1. The monoisotopic (exact) mass is 495 g/mol. The van der Waals surface area contributed by atoms with Crippen molar-refractivity contribution in [1.82, 2.24) is 24.9 Å². The van der Waals surface area contributed by atoms with E-state index in [4.69, 9.17) is 14.7 Å². The minimum absolute atomic E-state index is 0.0305. The molecule has 0 bridgehead atoms. The van der Waals surface area contributed by atoms with E-state index in [1.807, 2.05) is 6.20 Å². The van der Waals surface area contributed by atoms with Crippen molar-refractivity contribution in [2.24, 2.45) is 5.92 Å². The summed E-state index contributed by atoms with van der Waals surface area (Å²) in [5.41, 5.74) is 3.10. The zero-order valence-corrected chi connectivity index (χ0v) is 20.9. The number of ketones is 1. The molecule has 36 heavy (non-hydrogen) atoms. The first-order valence-corrected chi connectivity index (χ1v) is 12.8. The number of Topliss-reactive ketones (excluding diaryl/α,β-unsaturated/α-hetero) is 1. The molecule has 192 valence electrons. The lowest BCUT2D eigenvalue weighted by molar-refractivity contribution is -0.121. The second kappa shape index (κ2) is 10.9. The van der Waals surface area contributed by atoms with Crippen molar-refractivity contribution >= 4 is 23.3 Å². The zero-order valence-electron chi connectivity index (χ0n) is 20.9. The molecule has 3 aromatic rings. The number of hydrogen-bond acceptors (Lipinski definition) is 8. The Morgan fingerprint density at radius 3 is 2.83 bits per heavy atom. The third-order valence-corrected chi connectivity index (χ3v) is 7.01. The van der Waals surface area contributed by atoms with Crippen LogP contribution in [0, 0.1) is 11.7 Å². The maximum atomic E-state index is 14.5. The van der Waals surface area contributed by atoms with Gasteiger partial charge in [-0.3, -0.25) is 4.79 Å². The Morgan fingerprint density at radius 1 is 1.25 bits per heavy atom. The SMILES string of the molecule is CC(C)c1cnn2c(NCc3ccc(F)c(CC(=O)C4CCNC4)c3)nc(NC3CCOCC3)nc12. The summed E-state index contributed by atoms with van der Waals surface area (Å²) in [4.78, 5) is 22.1. The highest BCUT2D eigenvalue weighted by atomic mass is 19.1. The number of fused-ring (bicyclic) bond motifs is 1. The third kappa shape index (κ3) is 5.49. The van der Waals surface area contributed by atoms with Crippen molar-refractivity contribution in [2.75, 3.05) is 36.9 Å². The molecule has 10 heteroatoms. The summed E-state index contributed by atoms with van der Waals surface area (Å²) < 4.78 is 21.7. The van der Waals surface area contributed by atoms with Crippen LogP contribution >= 0.6 is 0 Å². The summed E-state index contributed by atoms with van der Waals surface area (Å²) in [7, 11) is 0. The van der Waals surface area contributed by atoms with E-state index in [1.165, 1.54) is 6.07 Å². The first-order valence-electron chi connectivity index (χ1n) is 12.8. The van der Waals surface area contributed by atoms with E-state index in [0.29, 0.717) is 30.5 Å². The van der Waals surface area contributed by atoms with E-state index in [0.717, 1.165) is 55.8 Å². The normalized spacial score (nSPS) is 18.7. The fourth-order valence-corrected chi connectivity index (χ4v) is 4.82. The highest BCUT2D eigenvalue weighted by molar-refractivity contribution is 5.83. The predicted molar refractivity (Wildman–Crippen MR) is 136 cm³/mol.